The molecule has 1 aliphatic rings. The first-order valence-corrected chi connectivity index (χ1v) is 6.63. The van der Waals surface area contributed by atoms with Crippen molar-refractivity contribution in [3.05, 3.63) is 30.0 Å². The van der Waals surface area contributed by atoms with E-state index in [9.17, 15) is 9.18 Å². The van der Waals surface area contributed by atoms with E-state index >= 15 is 0 Å². The SMILES string of the molecule is Cc1ncc(F)c(Nc2ccc3c(n2)NC(=O)C(C)(C)O3)n1. The Balaban J connectivity index is 1.90. The van der Waals surface area contributed by atoms with Crippen molar-refractivity contribution in [2.45, 2.75) is 26.4 Å². The zero-order valence-corrected chi connectivity index (χ0v) is 12.3. The van der Waals surface area contributed by atoms with Gasteiger partial charge in [-0.3, -0.25) is 4.79 Å². The molecule has 0 saturated heterocycles. The second kappa shape index (κ2) is 4.90. The second-order valence-electron chi connectivity index (χ2n) is 5.35. The van der Waals surface area contributed by atoms with Gasteiger partial charge in [0.15, 0.2) is 28.8 Å². The molecule has 0 fully saturated rings. The molecule has 1 aliphatic heterocycles. The molecule has 0 aliphatic carbocycles. The number of hydrogen-bond acceptors (Lipinski definition) is 6. The highest BCUT2D eigenvalue weighted by molar-refractivity contribution is 5.99. The number of anilines is 3. The van der Waals surface area contributed by atoms with E-state index in [1.165, 1.54) is 0 Å². The third-order valence-corrected chi connectivity index (χ3v) is 3.11. The molecule has 0 spiro atoms. The number of nitrogens with zero attached hydrogens (tertiary/aromatic N) is 3. The molecule has 2 aromatic rings. The van der Waals surface area contributed by atoms with Crippen LogP contribution < -0.4 is 15.4 Å². The summed E-state index contributed by atoms with van der Waals surface area (Å²) in [6, 6.07) is 3.26. The number of carbonyl (C=O) groups is 1. The van der Waals surface area contributed by atoms with Crippen molar-refractivity contribution >= 4 is 23.4 Å². The molecule has 22 heavy (non-hydrogen) atoms. The Labute approximate surface area is 126 Å². The van der Waals surface area contributed by atoms with Gasteiger partial charge in [-0.05, 0) is 32.9 Å². The smallest absolute Gasteiger partial charge is 0.269 e. The number of aryl methyl sites for hydroxylation is 1. The van der Waals surface area contributed by atoms with Gasteiger partial charge in [0.1, 0.15) is 11.6 Å². The van der Waals surface area contributed by atoms with Gasteiger partial charge in [-0.25, -0.2) is 19.3 Å². The van der Waals surface area contributed by atoms with Crippen molar-refractivity contribution in [2.75, 3.05) is 10.6 Å². The van der Waals surface area contributed by atoms with Crippen molar-refractivity contribution in [2.24, 2.45) is 0 Å². The Bertz CT molecular complexity index is 763. The van der Waals surface area contributed by atoms with Gasteiger partial charge in [0.2, 0.25) is 0 Å². The number of halogens is 1. The largest absolute Gasteiger partial charge is 0.474 e. The van der Waals surface area contributed by atoms with Crippen molar-refractivity contribution in [3.8, 4) is 5.75 Å². The van der Waals surface area contributed by atoms with E-state index in [4.69, 9.17) is 4.74 Å². The first kappa shape index (κ1) is 14.2. The molecule has 8 heteroatoms. The molecule has 114 valence electrons. The Kier molecular flexibility index (Phi) is 3.16. The molecule has 0 atom stereocenters. The summed E-state index contributed by atoms with van der Waals surface area (Å²) in [7, 11) is 0. The Morgan fingerprint density at radius 2 is 2.09 bits per heavy atom. The molecule has 3 heterocycles. The van der Waals surface area contributed by atoms with Crippen LogP contribution in [0.15, 0.2) is 18.3 Å². The highest BCUT2D eigenvalue weighted by Gasteiger charge is 2.36. The van der Waals surface area contributed by atoms with E-state index in [-0.39, 0.29) is 17.5 Å². The summed E-state index contributed by atoms with van der Waals surface area (Å²) in [5.74, 6) is 0.623. The van der Waals surface area contributed by atoms with Crippen molar-refractivity contribution in [1.29, 1.82) is 0 Å². The van der Waals surface area contributed by atoms with Gasteiger partial charge in [0.05, 0.1) is 6.20 Å². The van der Waals surface area contributed by atoms with Crippen LogP contribution in [0.1, 0.15) is 19.7 Å². The van der Waals surface area contributed by atoms with Crippen LogP contribution in [-0.2, 0) is 4.79 Å². The van der Waals surface area contributed by atoms with Gasteiger partial charge in [-0.1, -0.05) is 0 Å². The first-order valence-electron chi connectivity index (χ1n) is 6.63. The Hall–Kier alpha value is -2.77. The zero-order chi connectivity index (χ0) is 15.9. The lowest BCUT2D eigenvalue weighted by molar-refractivity contribution is -0.129. The van der Waals surface area contributed by atoms with E-state index < -0.39 is 11.4 Å². The maximum Gasteiger partial charge on any atom is 0.269 e. The van der Waals surface area contributed by atoms with Gasteiger partial charge in [0.25, 0.3) is 5.91 Å². The average Bonchev–Trinajstić information content (AvgIpc) is 2.44. The Morgan fingerprint density at radius 3 is 2.86 bits per heavy atom. The third-order valence-electron chi connectivity index (χ3n) is 3.11. The maximum atomic E-state index is 13.6. The molecule has 0 bridgehead atoms. The molecule has 2 N–H and O–H groups in total. The van der Waals surface area contributed by atoms with Crippen LogP contribution in [0.2, 0.25) is 0 Å². The number of rotatable bonds is 2. The van der Waals surface area contributed by atoms with Crippen molar-refractivity contribution in [1.82, 2.24) is 15.0 Å². The maximum absolute atomic E-state index is 13.6. The van der Waals surface area contributed by atoms with Gasteiger partial charge in [-0.2, -0.15) is 0 Å². The third kappa shape index (κ3) is 2.54. The topological polar surface area (TPSA) is 89.0 Å². The van der Waals surface area contributed by atoms with Gasteiger partial charge in [0, 0.05) is 0 Å². The quantitative estimate of drug-likeness (QED) is 0.884. The fraction of sp³-hybridized carbons (Fsp3) is 0.286. The number of fused-ring (bicyclic) bond motifs is 1. The van der Waals surface area contributed by atoms with Crippen LogP contribution in [0.25, 0.3) is 0 Å². The van der Waals surface area contributed by atoms with Crippen molar-refractivity contribution < 1.29 is 13.9 Å². The summed E-state index contributed by atoms with van der Waals surface area (Å²) in [6.07, 6.45) is 1.08. The van der Waals surface area contributed by atoms with E-state index in [1.807, 2.05) is 0 Å². The molecular formula is C14H14FN5O2. The van der Waals surface area contributed by atoms with Gasteiger partial charge >= 0.3 is 0 Å². The number of nitrogens with one attached hydrogen (secondary N) is 2. The van der Waals surface area contributed by atoms with E-state index in [0.29, 0.717) is 17.4 Å². The lowest BCUT2D eigenvalue weighted by atomic mass is 10.1. The number of pyridine rings is 1. The summed E-state index contributed by atoms with van der Waals surface area (Å²) in [6.45, 7) is 4.98. The summed E-state index contributed by atoms with van der Waals surface area (Å²) in [5, 5.41) is 5.42. The highest BCUT2D eigenvalue weighted by atomic mass is 19.1. The van der Waals surface area contributed by atoms with E-state index in [0.717, 1.165) is 6.20 Å². The molecule has 0 unspecified atom stereocenters. The predicted octanol–water partition coefficient (Wildman–Crippen LogP) is 2.17. The molecule has 3 rings (SSSR count). The minimum absolute atomic E-state index is 0.0170. The number of amides is 1. The van der Waals surface area contributed by atoms with Crippen LogP contribution in [0.5, 0.6) is 5.75 Å². The molecule has 7 nitrogen and oxygen atoms in total. The number of aromatic nitrogens is 3. The fourth-order valence-electron chi connectivity index (χ4n) is 1.93. The molecular weight excluding hydrogens is 289 g/mol. The number of hydrogen-bond donors (Lipinski definition) is 2. The summed E-state index contributed by atoms with van der Waals surface area (Å²) in [4.78, 5) is 23.8. The predicted molar refractivity (Wildman–Crippen MR) is 77.6 cm³/mol. The van der Waals surface area contributed by atoms with Gasteiger partial charge < -0.3 is 15.4 Å². The molecule has 0 radical (unpaired) electrons. The average molecular weight is 303 g/mol. The summed E-state index contributed by atoms with van der Waals surface area (Å²) in [5.41, 5.74) is -0.959. The number of ether oxygens (including phenoxy) is 1. The molecule has 2 aromatic heterocycles. The fourth-order valence-corrected chi connectivity index (χ4v) is 1.93. The summed E-state index contributed by atoms with van der Waals surface area (Å²) < 4.78 is 19.2. The summed E-state index contributed by atoms with van der Waals surface area (Å²) >= 11 is 0. The minimum Gasteiger partial charge on any atom is -0.474 e. The Morgan fingerprint density at radius 1 is 1.32 bits per heavy atom. The lowest BCUT2D eigenvalue weighted by Crippen LogP contribution is -2.46. The van der Waals surface area contributed by atoms with Crippen LogP contribution in [0.3, 0.4) is 0 Å². The van der Waals surface area contributed by atoms with Gasteiger partial charge in [-0.15, -0.1) is 0 Å². The lowest BCUT2D eigenvalue weighted by Gasteiger charge is -2.30. The first-order chi connectivity index (χ1) is 10.3. The van der Waals surface area contributed by atoms with Crippen LogP contribution in [0, 0.1) is 12.7 Å². The normalized spacial score (nSPS) is 15.5. The monoisotopic (exact) mass is 303 g/mol. The standard InChI is InChI=1S/C14H14FN5O2/c1-7-16-6-8(15)11(17-7)18-10-5-4-9-12(19-10)20-13(21)14(2,3)22-9/h4-6H,1-3H3,(H2,16,17,18,19,20,21). The van der Waals surface area contributed by atoms with E-state index in [1.54, 1.807) is 32.9 Å². The van der Waals surface area contributed by atoms with Crippen LogP contribution in [-0.4, -0.2) is 26.5 Å². The highest BCUT2D eigenvalue weighted by Crippen LogP contribution is 2.33. The van der Waals surface area contributed by atoms with Crippen LogP contribution >= 0.6 is 0 Å². The van der Waals surface area contributed by atoms with E-state index in [2.05, 4.69) is 25.6 Å². The second-order valence-corrected chi connectivity index (χ2v) is 5.35. The zero-order valence-electron chi connectivity index (χ0n) is 12.3. The molecule has 0 saturated carbocycles. The number of carbonyl (C=O) groups excluding carboxylic acids is 1. The molecule has 1 amide bonds. The molecule has 0 aromatic carbocycles. The van der Waals surface area contributed by atoms with Crippen molar-refractivity contribution in [3.63, 3.8) is 0 Å². The minimum atomic E-state index is -0.959. The van der Waals surface area contributed by atoms with Crippen LogP contribution in [0.4, 0.5) is 21.8 Å².